The van der Waals surface area contributed by atoms with Gasteiger partial charge < -0.3 is 4.74 Å². The molecule has 0 spiro atoms. The first-order valence-corrected chi connectivity index (χ1v) is 7.02. The average Bonchev–Trinajstić information content (AvgIpc) is 2.60. The van der Waals surface area contributed by atoms with Gasteiger partial charge in [-0.3, -0.25) is 20.4 Å². The molecular formula is C17H14FN3O3. The van der Waals surface area contributed by atoms with E-state index in [-0.39, 0.29) is 24.6 Å². The molecule has 0 aliphatic rings. The van der Waals surface area contributed by atoms with E-state index >= 15 is 0 Å². The molecule has 0 bridgehead atoms. The second-order valence-corrected chi connectivity index (χ2v) is 4.80. The third kappa shape index (κ3) is 5.10. The first kappa shape index (κ1) is 17.0. The maximum absolute atomic E-state index is 12.8. The van der Waals surface area contributed by atoms with Crippen molar-refractivity contribution in [3.63, 3.8) is 0 Å². The fraction of sp³-hybridized carbons (Fsp3) is 0.118. The molecule has 0 fully saturated rings. The number of carbonyl (C=O) groups is 2. The van der Waals surface area contributed by atoms with Crippen LogP contribution in [0.3, 0.4) is 0 Å². The second kappa shape index (κ2) is 8.29. The molecule has 0 saturated heterocycles. The van der Waals surface area contributed by atoms with Crippen LogP contribution in [0, 0.1) is 17.1 Å². The molecule has 0 unspecified atom stereocenters. The van der Waals surface area contributed by atoms with Crippen molar-refractivity contribution < 1.29 is 18.7 Å². The topological polar surface area (TPSA) is 91.2 Å². The Kier molecular flexibility index (Phi) is 5.86. The van der Waals surface area contributed by atoms with E-state index in [0.29, 0.717) is 11.1 Å². The van der Waals surface area contributed by atoms with Gasteiger partial charge >= 0.3 is 0 Å². The molecule has 24 heavy (non-hydrogen) atoms. The highest BCUT2D eigenvalue weighted by molar-refractivity contribution is 5.83. The van der Waals surface area contributed by atoms with Crippen LogP contribution in [-0.4, -0.2) is 18.4 Å². The van der Waals surface area contributed by atoms with Gasteiger partial charge in [-0.1, -0.05) is 24.3 Å². The van der Waals surface area contributed by atoms with Gasteiger partial charge in [-0.15, -0.1) is 0 Å². The standard InChI is InChI=1S/C17H14FN3O3/c18-14-7-5-12(6-8-14)9-16(22)20-21-17(23)11-24-15-4-2-1-3-13(15)10-19/h1-8H,9,11H2,(H,20,22)(H,21,23). The van der Waals surface area contributed by atoms with E-state index in [2.05, 4.69) is 10.9 Å². The van der Waals surface area contributed by atoms with Crippen molar-refractivity contribution in [1.82, 2.24) is 10.9 Å². The maximum Gasteiger partial charge on any atom is 0.276 e. The minimum atomic E-state index is -0.574. The van der Waals surface area contributed by atoms with Gasteiger partial charge in [0.2, 0.25) is 5.91 Å². The Morgan fingerprint density at radius 2 is 1.71 bits per heavy atom. The second-order valence-electron chi connectivity index (χ2n) is 4.80. The minimum absolute atomic E-state index is 0.00131. The number of nitrogens with one attached hydrogen (secondary N) is 2. The summed E-state index contributed by atoms with van der Waals surface area (Å²) in [5.74, 6) is -1.13. The number of rotatable bonds is 5. The van der Waals surface area contributed by atoms with E-state index in [9.17, 15) is 14.0 Å². The predicted octanol–water partition coefficient (Wildman–Crippen LogP) is 1.47. The lowest BCUT2D eigenvalue weighted by atomic mass is 10.1. The van der Waals surface area contributed by atoms with E-state index in [1.54, 1.807) is 24.3 Å². The third-order valence-electron chi connectivity index (χ3n) is 2.99. The molecular weight excluding hydrogens is 313 g/mol. The van der Waals surface area contributed by atoms with Crippen molar-refractivity contribution in [2.75, 3.05) is 6.61 Å². The number of nitriles is 1. The van der Waals surface area contributed by atoms with Crippen molar-refractivity contribution in [1.29, 1.82) is 5.26 Å². The zero-order chi connectivity index (χ0) is 17.4. The number of hydrogen-bond donors (Lipinski definition) is 2. The summed E-state index contributed by atoms with van der Waals surface area (Å²) in [6.07, 6.45) is -0.00131. The molecule has 0 aliphatic carbocycles. The van der Waals surface area contributed by atoms with Gasteiger partial charge in [-0.2, -0.15) is 5.26 Å². The average molecular weight is 327 g/mol. The number of ether oxygens (including phenoxy) is 1. The predicted molar refractivity (Wildman–Crippen MR) is 83.0 cm³/mol. The zero-order valence-electron chi connectivity index (χ0n) is 12.6. The summed E-state index contributed by atoms with van der Waals surface area (Å²) >= 11 is 0. The quantitative estimate of drug-likeness (QED) is 0.814. The Balaban J connectivity index is 1.75. The molecule has 2 aromatic rings. The normalized spacial score (nSPS) is 9.67. The molecule has 0 heterocycles. The van der Waals surface area contributed by atoms with Crippen LogP contribution in [0.25, 0.3) is 0 Å². The highest BCUT2D eigenvalue weighted by atomic mass is 19.1. The van der Waals surface area contributed by atoms with Crippen molar-refractivity contribution >= 4 is 11.8 Å². The van der Waals surface area contributed by atoms with Crippen molar-refractivity contribution in [2.45, 2.75) is 6.42 Å². The van der Waals surface area contributed by atoms with Gasteiger partial charge in [0.1, 0.15) is 17.6 Å². The number of hydrazine groups is 1. The monoisotopic (exact) mass is 327 g/mol. The molecule has 0 aromatic heterocycles. The summed E-state index contributed by atoms with van der Waals surface area (Å²) in [6.45, 7) is -0.352. The summed E-state index contributed by atoms with van der Waals surface area (Å²) in [6, 6.07) is 13.9. The molecule has 0 radical (unpaired) electrons. The summed E-state index contributed by atoms with van der Waals surface area (Å²) in [4.78, 5) is 23.3. The molecule has 2 N–H and O–H groups in total. The summed E-state index contributed by atoms with van der Waals surface area (Å²) < 4.78 is 18.0. The van der Waals surface area contributed by atoms with Crippen molar-refractivity contribution in [2.24, 2.45) is 0 Å². The summed E-state index contributed by atoms with van der Waals surface area (Å²) in [7, 11) is 0. The van der Waals surface area contributed by atoms with Crippen LogP contribution in [0.15, 0.2) is 48.5 Å². The Labute approximate surface area is 137 Å². The lowest BCUT2D eigenvalue weighted by molar-refractivity contribution is -0.129. The molecule has 0 saturated carbocycles. The van der Waals surface area contributed by atoms with Gasteiger partial charge in [0, 0.05) is 0 Å². The highest BCUT2D eigenvalue weighted by Gasteiger charge is 2.08. The number of para-hydroxylation sites is 1. The van der Waals surface area contributed by atoms with Gasteiger partial charge in [0.25, 0.3) is 5.91 Å². The smallest absolute Gasteiger partial charge is 0.276 e. The fourth-order valence-electron chi connectivity index (χ4n) is 1.84. The van der Waals surface area contributed by atoms with Crippen LogP contribution in [0.2, 0.25) is 0 Å². The Hall–Kier alpha value is -3.40. The van der Waals surface area contributed by atoms with Gasteiger partial charge in [0.15, 0.2) is 6.61 Å². The van der Waals surface area contributed by atoms with Crippen LogP contribution in [-0.2, 0) is 16.0 Å². The van der Waals surface area contributed by atoms with Gasteiger partial charge in [0.05, 0.1) is 12.0 Å². The zero-order valence-corrected chi connectivity index (χ0v) is 12.6. The van der Waals surface area contributed by atoms with Crippen LogP contribution in [0.1, 0.15) is 11.1 Å². The lowest BCUT2D eigenvalue weighted by Crippen LogP contribution is -2.44. The van der Waals surface area contributed by atoms with Crippen LogP contribution in [0.4, 0.5) is 4.39 Å². The number of halogens is 1. The van der Waals surface area contributed by atoms with E-state index in [1.165, 1.54) is 24.3 Å². The number of hydrogen-bond acceptors (Lipinski definition) is 4. The summed E-state index contributed by atoms with van der Waals surface area (Å²) in [5.41, 5.74) is 5.36. The minimum Gasteiger partial charge on any atom is -0.482 e. The van der Waals surface area contributed by atoms with Crippen LogP contribution >= 0.6 is 0 Å². The summed E-state index contributed by atoms with van der Waals surface area (Å²) in [5, 5.41) is 8.91. The van der Waals surface area contributed by atoms with E-state index in [0.717, 1.165) is 0 Å². The molecule has 0 aliphatic heterocycles. The van der Waals surface area contributed by atoms with Crippen molar-refractivity contribution in [3.05, 3.63) is 65.5 Å². The lowest BCUT2D eigenvalue weighted by Gasteiger charge is -2.09. The highest BCUT2D eigenvalue weighted by Crippen LogP contribution is 2.16. The maximum atomic E-state index is 12.8. The largest absolute Gasteiger partial charge is 0.482 e. The number of carbonyl (C=O) groups excluding carboxylic acids is 2. The molecule has 6 nitrogen and oxygen atoms in total. The number of amides is 2. The Morgan fingerprint density at radius 3 is 2.42 bits per heavy atom. The molecule has 122 valence electrons. The van der Waals surface area contributed by atoms with Crippen molar-refractivity contribution in [3.8, 4) is 11.8 Å². The Morgan fingerprint density at radius 1 is 1.04 bits per heavy atom. The van der Waals surface area contributed by atoms with E-state index < -0.39 is 11.8 Å². The van der Waals surface area contributed by atoms with Gasteiger partial charge in [-0.25, -0.2) is 4.39 Å². The van der Waals surface area contributed by atoms with E-state index in [1.807, 2.05) is 6.07 Å². The van der Waals surface area contributed by atoms with Crippen LogP contribution < -0.4 is 15.6 Å². The first-order chi connectivity index (χ1) is 11.6. The van der Waals surface area contributed by atoms with E-state index in [4.69, 9.17) is 10.00 Å². The first-order valence-electron chi connectivity index (χ1n) is 7.02. The SMILES string of the molecule is N#Cc1ccccc1OCC(=O)NNC(=O)Cc1ccc(F)cc1. The number of benzene rings is 2. The third-order valence-corrected chi connectivity index (χ3v) is 2.99. The molecule has 0 atom stereocenters. The van der Waals surface area contributed by atoms with Gasteiger partial charge in [-0.05, 0) is 29.8 Å². The fourth-order valence-corrected chi connectivity index (χ4v) is 1.84. The Bertz CT molecular complexity index is 769. The molecule has 7 heteroatoms. The van der Waals surface area contributed by atoms with Crippen LogP contribution in [0.5, 0.6) is 5.75 Å². The molecule has 2 amide bonds. The molecule has 2 rings (SSSR count). The number of nitrogens with zero attached hydrogens (tertiary/aromatic N) is 1. The molecule has 2 aromatic carbocycles.